The van der Waals surface area contributed by atoms with E-state index in [1.54, 1.807) is 24.0 Å². The number of nitrogens with one attached hydrogen (secondary N) is 1. The molecule has 3 heterocycles. The van der Waals surface area contributed by atoms with Crippen molar-refractivity contribution in [3.05, 3.63) is 18.0 Å². The minimum atomic E-state index is -0.0762. The lowest BCUT2D eigenvalue weighted by Crippen LogP contribution is -2.46. The lowest BCUT2D eigenvalue weighted by Gasteiger charge is -2.34. The fourth-order valence-corrected chi connectivity index (χ4v) is 3.22. The van der Waals surface area contributed by atoms with Gasteiger partial charge in [0.1, 0.15) is 5.69 Å². The first-order valence-electron chi connectivity index (χ1n) is 7.42. The molecule has 3 atom stereocenters. The van der Waals surface area contributed by atoms with Crippen molar-refractivity contribution in [2.75, 3.05) is 26.3 Å². The third-order valence-corrected chi connectivity index (χ3v) is 4.33. The number of hydrogen-bond donors (Lipinski definition) is 2. The third kappa shape index (κ3) is 3.09. The minimum absolute atomic E-state index is 0.0762. The molecule has 0 spiro atoms. The van der Waals surface area contributed by atoms with Crippen LogP contribution in [-0.2, 0) is 11.8 Å². The van der Waals surface area contributed by atoms with Gasteiger partial charge in [0, 0.05) is 45.0 Å². The van der Waals surface area contributed by atoms with E-state index in [0.717, 1.165) is 19.5 Å². The molecule has 1 amide bonds. The Hall–Kier alpha value is -1.44. The lowest BCUT2D eigenvalue weighted by molar-refractivity contribution is -0.0566. The summed E-state index contributed by atoms with van der Waals surface area (Å²) >= 11 is 0. The second-order valence-electron chi connectivity index (χ2n) is 5.82. The molecule has 2 aliphatic rings. The standard InChI is InChI=1S/C14H22N4O3/c1-17-13(2-4-15-17)14(20)16-10-6-11-9-21-12(3-5-19)8-18(11)7-10/h2,4,10-12,19H,3,5-9H2,1H3,(H,16,20)/t10-,11-,12-/m0/s1. The zero-order chi connectivity index (χ0) is 14.8. The molecule has 2 saturated heterocycles. The predicted molar refractivity (Wildman–Crippen MR) is 75.9 cm³/mol. The van der Waals surface area contributed by atoms with E-state index in [1.807, 2.05) is 0 Å². The van der Waals surface area contributed by atoms with E-state index in [1.165, 1.54) is 0 Å². The van der Waals surface area contributed by atoms with Crippen molar-refractivity contribution in [2.45, 2.75) is 31.0 Å². The van der Waals surface area contributed by atoms with Crippen LogP contribution in [0.5, 0.6) is 0 Å². The number of aliphatic hydroxyl groups is 1. The van der Waals surface area contributed by atoms with Crippen molar-refractivity contribution in [1.29, 1.82) is 0 Å². The summed E-state index contributed by atoms with van der Waals surface area (Å²) in [7, 11) is 1.76. The fourth-order valence-electron chi connectivity index (χ4n) is 3.22. The quantitative estimate of drug-likeness (QED) is 0.773. The highest BCUT2D eigenvalue weighted by atomic mass is 16.5. The summed E-state index contributed by atoms with van der Waals surface area (Å²) in [4.78, 5) is 14.6. The number of hydrogen-bond acceptors (Lipinski definition) is 5. The maximum Gasteiger partial charge on any atom is 0.269 e. The largest absolute Gasteiger partial charge is 0.396 e. The Kier molecular flexibility index (Phi) is 4.23. The van der Waals surface area contributed by atoms with Crippen molar-refractivity contribution in [3.8, 4) is 0 Å². The second-order valence-corrected chi connectivity index (χ2v) is 5.82. The molecule has 1 aromatic heterocycles. The maximum atomic E-state index is 12.2. The van der Waals surface area contributed by atoms with Gasteiger partial charge in [-0.1, -0.05) is 0 Å². The molecule has 0 saturated carbocycles. The number of rotatable bonds is 4. The number of carbonyl (C=O) groups is 1. The molecule has 0 aromatic carbocycles. The van der Waals surface area contributed by atoms with Crippen LogP contribution < -0.4 is 5.32 Å². The number of aromatic nitrogens is 2. The van der Waals surface area contributed by atoms with Crippen LogP contribution in [0.4, 0.5) is 0 Å². The van der Waals surface area contributed by atoms with E-state index in [-0.39, 0.29) is 24.7 Å². The molecule has 1 aromatic rings. The van der Waals surface area contributed by atoms with E-state index < -0.39 is 0 Å². The minimum Gasteiger partial charge on any atom is -0.396 e. The first-order chi connectivity index (χ1) is 10.2. The zero-order valence-electron chi connectivity index (χ0n) is 12.2. The van der Waals surface area contributed by atoms with Crippen molar-refractivity contribution >= 4 is 5.91 Å². The van der Waals surface area contributed by atoms with Crippen molar-refractivity contribution in [2.24, 2.45) is 7.05 Å². The fraction of sp³-hybridized carbons (Fsp3) is 0.714. The first-order valence-corrected chi connectivity index (χ1v) is 7.42. The average Bonchev–Trinajstić information content (AvgIpc) is 3.04. The number of nitrogens with zero attached hydrogens (tertiary/aromatic N) is 3. The van der Waals surface area contributed by atoms with Crippen LogP contribution in [-0.4, -0.2) is 70.2 Å². The van der Waals surface area contributed by atoms with E-state index in [2.05, 4.69) is 15.3 Å². The molecule has 7 nitrogen and oxygen atoms in total. The zero-order valence-corrected chi connectivity index (χ0v) is 12.2. The van der Waals surface area contributed by atoms with Crippen LogP contribution in [0.2, 0.25) is 0 Å². The van der Waals surface area contributed by atoms with Crippen LogP contribution in [0, 0.1) is 0 Å². The highest BCUT2D eigenvalue weighted by Crippen LogP contribution is 2.24. The van der Waals surface area contributed by atoms with Gasteiger partial charge in [0.2, 0.25) is 0 Å². The monoisotopic (exact) mass is 294 g/mol. The van der Waals surface area contributed by atoms with Gasteiger partial charge in [-0.2, -0.15) is 5.10 Å². The lowest BCUT2D eigenvalue weighted by atomic mass is 10.1. The van der Waals surface area contributed by atoms with Crippen molar-refractivity contribution in [1.82, 2.24) is 20.0 Å². The smallest absolute Gasteiger partial charge is 0.269 e. The summed E-state index contributed by atoms with van der Waals surface area (Å²) in [5, 5.41) is 16.1. The molecule has 0 aliphatic carbocycles. The molecule has 2 fully saturated rings. The van der Waals surface area contributed by atoms with Gasteiger partial charge >= 0.3 is 0 Å². The SMILES string of the molecule is Cn1nccc1C(=O)N[C@H]1C[C@H]2CO[C@@H](CCO)CN2C1. The molecule has 0 unspecified atom stereocenters. The molecule has 2 N–H and O–H groups in total. The van der Waals surface area contributed by atoms with E-state index in [0.29, 0.717) is 24.8 Å². The van der Waals surface area contributed by atoms with Gasteiger partial charge in [0.05, 0.1) is 12.7 Å². The van der Waals surface area contributed by atoms with Crippen molar-refractivity contribution in [3.63, 3.8) is 0 Å². The van der Waals surface area contributed by atoms with Gasteiger partial charge in [0.15, 0.2) is 0 Å². The second kappa shape index (κ2) is 6.13. The summed E-state index contributed by atoms with van der Waals surface area (Å²) in [6, 6.07) is 2.24. The summed E-state index contributed by atoms with van der Waals surface area (Å²) in [6.07, 6.45) is 3.32. The normalized spacial score (nSPS) is 29.3. The Balaban J connectivity index is 1.55. The highest BCUT2D eigenvalue weighted by Gasteiger charge is 2.37. The topological polar surface area (TPSA) is 79.6 Å². The molecule has 2 aliphatic heterocycles. The Morgan fingerprint density at radius 3 is 3.14 bits per heavy atom. The van der Waals surface area contributed by atoms with Gasteiger partial charge < -0.3 is 15.2 Å². The summed E-state index contributed by atoms with van der Waals surface area (Å²) in [6.45, 7) is 2.52. The molecule has 0 bridgehead atoms. The number of amides is 1. The van der Waals surface area contributed by atoms with Crippen LogP contribution >= 0.6 is 0 Å². The van der Waals surface area contributed by atoms with Crippen LogP contribution in [0.1, 0.15) is 23.3 Å². The van der Waals surface area contributed by atoms with Crippen LogP contribution in [0.25, 0.3) is 0 Å². The number of carbonyl (C=O) groups excluding carboxylic acids is 1. The number of fused-ring (bicyclic) bond motifs is 1. The number of morpholine rings is 1. The summed E-state index contributed by atoms with van der Waals surface area (Å²) in [5.74, 6) is -0.0762. The van der Waals surface area contributed by atoms with Gasteiger partial charge in [-0.3, -0.25) is 14.4 Å². The van der Waals surface area contributed by atoms with Gasteiger partial charge in [-0.05, 0) is 18.9 Å². The van der Waals surface area contributed by atoms with Gasteiger partial charge in [-0.25, -0.2) is 0 Å². The van der Waals surface area contributed by atoms with Crippen LogP contribution in [0.15, 0.2) is 12.3 Å². The number of aryl methyl sites for hydroxylation is 1. The molecular weight excluding hydrogens is 272 g/mol. The molecule has 0 radical (unpaired) electrons. The summed E-state index contributed by atoms with van der Waals surface area (Å²) in [5.41, 5.74) is 0.578. The van der Waals surface area contributed by atoms with Gasteiger partial charge in [0.25, 0.3) is 5.91 Å². The average molecular weight is 294 g/mol. The molecule has 3 rings (SSSR count). The van der Waals surface area contributed by atoms with Crippen LogP contribution in [0.3, 0.4) is 0 Å². The summed E-state index contributed by atoms with van der Waals surface area (Å²) < 4.78 is 7.33. The van der Waals surface area contributed by atoms with Crippen molar-refractivity contribution < 1.29 is 14.6 Å². The van der Waals surface area contributed by atoms with E-state index in [9.17, 15) is 4.79 Å². The Morgan fingerprint density at radius 1 is 1.57 bits per heavy atom. The maximum absolute atomic E-state index is 12.2. The first kappa shape index (κ1) is 14.5. The van der Waals surface area contributed by atoms with E-state index >= 15 is 0 Å². The molecule has 21 heavy (non-hydrogen) atoms. The Morgan fingerprint density at radius 2 is 2.43 bits per heavy atom. The number of ether oxygens (including phenoxy) is 1. The predicted octanol–water partition coefficient (Wildman–Crippen LogP) is -0.626. The molecule has 7 heteroatoms. The highest BCUT2D eigenvalue weighted by molar-refractivity contribution is 5.92. The number of aliphatic hydroxyl groups excluding tert-OH is 1. The molecular formula is C14H22N4O3. The van der Waals surface area contributed by atoms with Gasteiger partial charge in [-0.15, -0.1) is 0 Å². The Bertz CT molecular complexity index is 504. The Labute approximate surface area is 123 Å². The van der Waals surface area contributed by atoms with E-state index in [4.69, 9.17) is 9.84 Å². The molecule has 116 valence electrons. The third-order valence-electron chi connectivity index (χ3n) is 4.33.